The lowest BCUT2D eigenvalue weighted by Crippen LogP contribution is -2.41. The van der Waals surface area contributed by atoms with Crippen molar-refractivity contribution in [1.29, 1.82) is 0 Å². The summed E-state index contributed by atoms with van der Waals surface area (Å²) in [4.78, 5) is 12.6. The highest BCUT2D eigenvalue weighted by atomic mass is 35.5. The summed E-state index contributed by atoms with van der Waals surface area (Å²) in [7, 11) is 0. The average molecular weight is 327 g/mol. The Morgan fingerprint density at radius 1 is 1.43 bits per heavy atom. The number of amides is 1. The molecule has 1 heterocycles. The third-order valence-electron chi connectivity index (χ3n) is 2.96. The number of carbonyl (C=O) groups excluding carboxylic acids is 1. The van der Waals surface area contributed by atoms with Gasteiger partial charge in [0.05, 0.1) is 4.99 Å². The van der Waals surface area contributed by atoms with E-state index in [9.17, 15) is 4.79 Å². The number of carbonyl (C=O) groups is 1. The second kappa shape index (κ2) is 6.20. The van der Waals surface area contributed by atoms with Crippen LogP contribution in [0.5, 0.6) is 0 Å². The molecule has 0 saturated heterocycles. The van der Waals surface area contributed by atoms with Gasteiger partial charge < -0.3 is 15.4 Å². The zero-order chi connectivity index (χ0) is 15.6. The number of anilines is 1. The van der Waals surface area contributed by atoms with Crippen LogP contribution in [0.2, 0.25) is 5.02 Å². The smallest absolute Gasteiger partial charge is 0.407 e. The van der Waals surface area contributed by atoms with E-state index >= 15 is 0 Å². The van der Waals surface area contributed by atoms with Crippen molar-refractivity contribution in [1.82, 2.24) is 5.32 Å². The molecule has 1 aliphatic heterocycles. The lowest BCUT2D eigenvalue weighted by atomic mass is 10.0. The normalized spacial score (nSPS) is 18.3. The number of hydrogen-bond donors (Lipinski definition) is 2. The third-order valence-corrected chi connectivity index (χ3v) is 3.46. The molecule has 0 saturated carbocycles. The molecule has 1 atom stereocenters. The highest BCUT2D eigenvalue weighted by Gasteiger charge is 2.24. The van der Waals surface area contributed by atoms with Crippen molar-refractivity contribution in [2.24, 2.45) is 0 Å². The van der Waals surface area contributed by atoms with Crippen LogP contribution in [0, 0.1) is 0 Å². The molecule has 0 spiro atoms. The van der Waals surface area contributed by atoms with Gasteiger partial charge in [0, 0.05) is 23.2 Å². The van der Waals surface area contributed by atoms with Gasteiger partial charge in [-0.15, -0.1) is 0 Å². The molecule has 0 fully saturated rings. The first-order chi connectivity index (χ1) is 9.73. The van der Waals surface area contributed by atoms with Gasteiger partial charge in [-0.3, -0.25) is 0 Å². The molecule has 0 aromatic heterocycles. The summed E-state index contributed by atoms with van der Waals surface area (Å²) in [5, 5.41) is 6.72. The van der Waals surface area contributed by atoms with Crippen LogP contribution >= 0.6 is 23.8 Å². The second-order valence-electron chi connectivity index (χ2n) is 6.10. The van der Waals surface area contributed by atoms with Crippen LogP contribution < -0.4 is 10.6 Å². The minimum atomic E-state index is -0.519. The second-order valence-corrected chi connectivity index (χ2v) is 7.03. The van der Waals surface area contributed by atoms with Crippen LogP contribution in [-0.4, -0.2) is 22.7 Å². The Bertz CT molecular complexity index is 569. The van der Waals surface area contributed by atoms with Crippen LogP contribution in [0.15, 0.2) is 18.2 Å². The first-order valence-electron chi connectivity index (χ1n) is 6.81. The van der Waals surface area contributed by atoms with Gasteiger partial charge >= 0.3 is 6.09 Å². The lowest BCUT2D eigenvalue weighted by molar-refractivity contribution is 0.0506. The van der Waals surface area contributed by atoms with E-state index in [1.165, 1.54) is 0 Å². The Hall–Kier alpha value is -1.33. The Morgan fingerprint density at radius 2 is 2.14 bits per heavy atom. The number of hydrogen-bond acceptors (Lipinski definition) is 3. The summed E-state index contributed by atoms with van der Waals surface area (Å²) in [6, 6.07) is 5.50. The van der Waals surface area contributed by atoms with Gasteiger partial charge in [-0.05, 0) is 51.0 Å². The van der Waals surface area contributed by atoms with Crippen molar-refractivity contribution in [3.8, 4) is 0 Å². The molecule has 1 amide bonds. The molecule has 2 N–H and O–H groups in total. The first-order valence-corrected chi connectivity index (χ1v) is 7.59. The number of halogens is 1. The molecule has 1 aromatic carbocycles. The summed E-state index contributed by atoms with van der Waals surface area (Å²) in [5.41, 5.74) is 1.45. The van der Waals surface area contributed by atoms with Crippen LogP contribution in [-0.2, 0) is 11.2 Å². The summed E-state index contributed by atoms with van der Waals surface area (Å²) >= 11 is 11.3. The molecule has 0 bridgehead atoms. The quantitative estimate of drug-likeness (QED) is 0.768. The Labute approximate surface area is 135 Å². The van der Waals surface area contributed by atoms with E-state index in [1.807, 2.05) is 39.0 Å². The van der Waals surface area contributed by atoms with Gasteiger partial charge in [-0.2, -0.15) is 0 Å². The van der Waals surface area contributed by atoms with E-state index in [-0.39, 0.29) is 6.04 Å². The van der Waals surface area contributed by atoms with Crippen molar-refractivity contribution in [3.05, 3.63) is 28.8 Å². The van der Waals surface area contributed by atoms with E-state index in [0.29, 0.717) is 22.9 Å². The average Bonchev–Trinajstić information content (AvgIpc) is 2.43. The molecular formula is C15H19ClN2O2S. The zero-order valence-corrected chi connectivity index (χ0v) is 13.9. The largest absolute Gasteiger partial charge is 0.444 e. The van der Waals surface area contributed by atoms with Crippen molar-refractivity contribution >= 4 is 40.6 Å². The van der Waals surface area contributed by atoms with Crippen molar-refractivity contribution in [3.63, 3.8) is 0 Å². The number of alkyl carbamates (subject to hydrolysis) is 1. The van der Waals surface area contributed by atoms with E-state index in [1.54, 1.807) is 0 Å². The molecule has 1 unspecified atom stereocenters. The molecule has 0 radical (unpaired) electrons. The Morgan fingerprint density at radius 3 is 2.81 bits per heavy atom. The van der Waals surface area contributed by atoms with Crippen LogP contribution in [0.4, 0.5) is 10.5 Å². The molecule has 6 heteroatoms. The van der Waals surface area contributed by atoms with E-state index in [4.69, 9.17) is 28.6 Å². The minimum Gasteiger partial charge on any atom is -0.444 e. The predicted octanol–water partition coefficient (Wildman–Crippen LogP) is 3.92. The van der Waals surface area contributed by atoms with Crippen LogP contribution in [0.25, 0.3) is 0 Å². The highest BCUT2D eigenvalue weighted by molar-refractivity contribution is 7.80. The summed E-state index contributed by atoms with van der Waals surface area (Å²) in [6.45, 7) is 5.50. The maximum atomic E-state index is 11.9. The number of benzene rings is 1. The maximum Gasteiger partial charge on any atom is 0.407 e. The van der Waals surface area contributed by atoms with Gasteiger partial charge in [-0.25, -0.2) is 4.79 Å². The fourth-order valence-corrected chi connectivity index (χ4v) is 2.70. The van der Waals surface area contributed by atoms with Gasteiger partial charge in [0.1, 0.15) is 5.60 Å². The number of fused-ring (bicyclic) bond motifs is 1. The van der Waals surface area contributed by atoms with Gasteiger partial charge in [0.2, 0.25) is 0 Å². The summed E-state index contributed by atoms with van der Waals surface area (Å²) < 4.78 is 5.29. The molecule has 1 aliphatic rings. The van der Waals surface area contributed by atoms with E-state index in [2.05, 4.69) is 10.6 Å². The minimum absolute atomic E-state index is 0.112. The summed E-state index contributed by atoms with van der Waals surface area (Å²) in [6.07, 6.45) is 0.796. The molecule has 4 nitrogen and oxygen atoms in total. The predicted molar refractivity (Wildman–Crippen MR) is 89.2 cm³/mol. The fourth-order valence-electron chi connectivity index (χ4n) is 2.19. The molecular weight excluding hydrogens is 308 g/mol. The molecule has 21 heavy (non-hydrogen) atoms. The van der Waals surface area contributed by atoms with E-state index in [0.717, 1.165) is 11.3 Å². The topological polar surface area (TPSA) is 50.4 Å². The summed E-state index contributed by atoms with van der Waals surface area (Å²) in [5.74, 6) is 0. The molecule has 0 aliphatic carbocycles. The van der Waals surface area contributed by atoms with Crippen LogP contribution in [0.3, 0.4) is 0 Å². The van der Waals surface area contributed by atoms with Crippen LogP contribution in [0.1, 0.15) is 32.8 Å². The lowest BCUT2D eigenvalue weighted by Gasteiger charge is -2.23. The van der Waals surface area contributed by atoms with Gasteiger partial charge in [-0.1, -0.05) is 23.8 Å². The van der Waals surface area contributed by atoms with Crippen molar-refractivity contribution < 1.29 is 9.53 Å². The van der Waals surface area contributed by atoms with Crippen molar-refractivity contribution in [2.45, 2.75) is 45.3 Å². The SMILES string of the molecule is CC(C)(C)OC(=O)NC1CC(=S)Nc2ccc(Cl)cc2C1. The number of ether oxygens (including phenoxy) is 1. The maximum absolute atomic E-state index is 11.9. The molecule has 114 valence electrons. The highest BCUT2D eigenvalue weighted by Crippen LogP contribution is 2.26. The monoisotopic (exact) mass is 326 g/mol. The zero-order valence-electron chi connectivity index (χ0n) is 12.3. The van der Waals surface area contributed by atoms with Gasteiger partial charge in [0.25, 0.3) is 0 Å². The number of rotatable bonds is 1. The molecule has 2 rings (SSSR count). The molecule has 1 aromatic rings. The fraction of sp³-hybridized carbons (Fsp3) is 0.467. The van der Waals surface area contributed by atoms with Gasteiger partial charge in [0.15, 0.2) is 0 Å². The Balaban J connectivity index is 2.11. The first kappa shape index (κ1) is 16.0. The Kier molecular flexibility index (Phi) is 4.74. The number of thiocarbonyl (C=S) groups is 1. The van der Waals surface area contributed by atoms with E-state index < -0.39 is 11.7 Å². The standard InChI is InChI=1S/C15H19ClN2O2S/c1-15(2,3)20-14(19)17-11-7-9-6-10(16)4-5-12(9)18-13(21)8-11/h4-6,11H,7-8H2,1-3H3,(H,17,19)(H,18,21). The third kappa shape index (κ3) is 4.86. The van der Waals surface area contributed by atoms with Crippen molar-refractivity contribution in [2.75, 3.05) is 5.32 Å². The number of nitrogens with one attached hydrogen (secondary N) is 2.